The Hall–Kier alpha value is -1.86. The lowest BCUT2D eigenvalue weighted by Crippen LogP contribution is -2.34. The molecule has 1 aromatic rings. The summed E-state index contributed by atoms with van der Waals surface area (Å²) in [6.45, 7) is 0.717. The fourth-order valence-electron chi connectivity index (χ4n) is 1.99. The predicted molar refractivity (Wildman–Crippen MR) is 72.5 cm³/mol. The average molecular weight is 297 g/mol. The van der Waals surface area contributed by atoms with E-state index in [1.54, 1.807) is 6.08 Å². The Kier molecular flexibility index (Phi) is 4.10. The molecule has 0 fully saturated rings. The van der Waals surface area contributed by atoms with Crippen LogP contribution in [0.25, 0.3) is 0 Å². The minimum atomic E-state index is -3.68. The van der Waals surface area contributed by atoms with Gasteiger partial charge in [-0.05, 0) is 24.6 Å². The molecule has 1 N–H and O–H groups in total. The van der Waals surface area contributed by atoms with Crippen LogP contribution in [0.5, 0.6) is 5.75 Å². The fourth-order valence-corrected chi connectivity index (χ4v) is 3.53. The van der Waals surface area contributed by atoms with E-state index in [9.17, 15) is 13.2 Å². The molecule has 0 radical (unpaired) electrons. The first kappa shape index (κ1) is 14.5. The van der Waals surface area contributed by atoms with E-state index in [0.717, 1.165) is 0 Å². The van der Waals surface area contributed by atoms with Crippen LogP contribution in [-0.2, 0) is 10.0 Å². The number of hydrogen-bond donors (Lipinski definition) is 1. The maximum atomic E-state index is 12.5. The van der Waals surface area contributed by atoms with Crippen molar-refractivity contribution in [2.45, 2.75) is 11.3 Å². The van der Waals surface area contributed by atoms with E-state index in [2.05, 4.69) is 0 Å². The van der Waals surface area contributed by atoms with E-state index in [-0.39, 0.29) is 16.2 Å². The quantitative estimate of drug-likeness (QED) is 0.848. The van der Waals surface area contributed by atoms with Crippen LogP contribution in [0.1, 0.15) is 16.8 Å². The van der Waals surface area contributed by atoms with Crippen molar-refractivity contribution >= 4 is 16.0 Å². The van der Waals surface area contributed by atoms with Gasteiger partial charge < -0.3 is 9.84 Å². The standard InChI is InChI=1S/C13H15NO5S/c1-19-11-9-10(13(15)16)5-6-12(11)20(17,18)14-7-3-2-4-8-14/h2-3,5-6,9H,4,7-8H2,1H3,(H,15,16). The van der Waals surface area contributed by atoms with Crippen molar-refractivity contribution in [3.63, 3.8) is 0 Å². The molecule has 1 aliphatic rings. The Morgan fingerprint density at radius 3 is 2.65 bits per heavy atom. The molecule has 0 spiro atoms. The minimum Gasteiger partial charge on any atom is -0.495 e. The largest absolute Gasteiger partial charge is 0.495 e. The third-order valence-electron chi connectivity index (χ3n) is 3.05. The van der Waals surface area contributed by atoms with Crippen molar-refractivity contribution in [3.05, 3.63) is 35.9 Å². The van der Waals surface area contributed by atoms with Crippen molar-refractivity contribution in [1.29, 1.82) is 0 Å². The molecule has 0 atom stereocenters. The maximum Gasteiger partial charge on any atom is 0.335 e. The summed E-state index contributed by atoms with van der Waals surface area (Å²) in [7, 11) is -2.37. The zero-order valence-electron chi connectivity index (χ0n) is 10.9. The normalized spacial score (nSPS) is 16.1. The average Bonchev–Trinajstić information content (AvgIpc) is 2.47. The topological polar surface area (TPSA) is 83.9 Å². The molecular weight excluding hydrogens is 282 g/mol. The summed E-state index contributed by atoms with van der Waals surface area (Å²) in [5, 5.41) is 8.92. The summed E-state index contributed by atoms with van der Waals surface area (Å²) in [6, 6.07) is 3.75. The van der Waals surface area contributed by atoms with Crippen LogP contribution >= 0.6 is 0 Å². The number of nitrogens with zero attached hydrogens (tertiary/aromatic N) is 1. The Morgan fingerprint density at radius 1 is 1.35 bits per heavy atom. The van der Waals surface area contributed by atoms with Gasteiger partial charge in [-0.2, -0.15) is 4.31 Å². The first-order valence-electron chi connectivity index (χ1n) is 6.03. The Bertz CT molecular complexity index is 651. The highest BCUT2D eigenvalue weighted by molar-refractivity contribution is 7.89. The fraction of sp³-hybridized carbons (Fsp3) is 0.308. The van der Waals surface area contributed by atoms with Crippen LogP contribution in [-0.4, -0.2) is 44.0 Å². The second-order valence-corrected chi connectivity index (χ2v) is 6.20. The summed E-state index contributed by atoms with van der Waals surface area (Å²) in [4.78, 5) is 10.9. The molecule has 20 heavy (non-hydrogen) atoms. The molecule has 2 rings (SSSR count). The number of hydrogen-bond acceptors (Lipinski definition) is 4. The summed E-state index contributed by atoms with van der Waals surface area (Å²) >= 11 is 0. The van der Waals surface area contributed by atoms with Crippen LogP contribution < -0.4 is 4.74 Å². The molecule has 1 aromatic carbocycles. The highest BCUT2D eigenvalue weighted by Crippen LogP contribution is 2.28. The summed E-state index contributed by atoms with van der Waals surface area (Å²) in [5.41, 5.74) is -0.0145. The number of methoxy groups -OCH3 is 1. The monoisotopic (exact) mass is 297 g/mol. The van der Waals surface area contributed by atoms with Gasteiger partial charge in [0.05, 0.1) is 12.7 Å². The van der Waals surface area contributed by atoms with Gasteiger partial charge >= 0.3 is 5.97 Å². The molecule has 108 valence electrons. The molecule has 0 bridgehead atoms. The van der Waals surface area contributed by atoms with Crippen molar-refractivity contribution < 1.29 is 23.1 Å². The molecule has 6 nitrogen and oxygen atoms in total. The van der Waals surface area contributed by atoms with Gasteiger partial charge in [0.2, 0.25) is 10.0 Å². The highest BCUT2D eigenvalue weighted by atomic mass is 32.2. The number of sulfonamides is 1. The van der Waals surface area contributed by atoms with E-state index < -0.39 is 16.0 Å². The maximum absolute atomic E-state index is 12.5. The third-order valence-corrected chi connectivity index (χ3v) is 4.95. The number of aromatic carboxylic acids is 1. The first-order chi connectivity index (χ1) is 9.46. The lowest BCUT2D eigenvalue weighted by Gasteiger charge is -2.23. The van der Waals surface area contributed by atoms with Gasteiger partial charge in [-0.25, -0.2) is 13.2 Å². The van der Waals surface area contributed by atoms with E-state index in [4.69, 9.17) is 9.84 Å². The lowest BCUT2D eigenvalue weighted by atomic mass is 10.2. The number of carboxylic acid groups (broad SMARTS) is 1. The van der Waals surface area contributed by atoms with Crippen LogP contribution in [0, 0.1) is 0 Å². The van der Waals surface area contributed by atoms with E-state index in [0.29, 0.717) is 19.5 Å². The van der Waals surface area contributed by atoms with Crippen LogP contribution in [0.2, 0.25) is 0 Å². The van der Waals surface area contributed by atoms with E-state index in [1.165, 1.54) is 29.6 Å². The summed E-state index contributed by atoms with van der Waals surface area (Å²) in [6.07, 6.45) is 4.38. The van der Waals surface area contributed by atoms with Gasteiger partial charge in [-0.3, -0.25) is 0 Å². The second kappa shape index (κ2) is 5.64. The molecule has 7 heteroatoms. The second-order valence-electron chi connectivity index (χ2n) is 4.29. The summed E-state index contributed by atoms with van der Waals surface area (Å²) in [5.74, 6) is -1.09. The molecular formula is C13H15NO5S. The third kappa shape index (κ3) is 2.68. The lowest BCUT2D eigenvalue weighted by molar-refractivity contribution is 0.0696. The van der Waals surface area contributed by atoms with E-state index >= 15 is 0 Å². The molecule has 0 saturated carbocycles. The number of ether oxygens (including phenoxy) is 1. The first-order valence-corrected chi connectivity index (χ1v) is 7.47. The molecule has 0 unspecified atom stereocenters. The zero-order chi connectivity index (χ0) is 14.8. The minimum absolute atomic E-state index is 0.0136. The summed E-state index contributed by atoms with van der Waals surface area (Å²) < 4.78 is 31.4. The SMILES string of the molecule is COc1cc(C(=O)O)ccc1S(=O)(=O)N1CC=CCC1. The van der Waals surface area contributed by atoms with E-state index in [1.807, 2.05) is 6.08 Å². The number of benzene rings is 1. The Labute approximate surface area is 117 Å². The van der Waals surface area contributed by atoms with Crippen LogP contribution in [0.15, 0.2) is 35.2 Å². The Balaban J connectivity index is 2.45. The molecule has 0 aliphatic carbocycles. The van der Waals surface area contributed by atoms with Gasteiger partial charge in [0.25, 0.3) is 0 Å². The molecule has 1 heterocycles. The number of carboxylic acids is 1. The smallest absolute Gasteiger partial charge is 0.335 e. The molecule has 1 aliphatic heterocycles. The van der Waals surface area contributed by atoms with Crippen molar-refractivity contribution in [3.8, 4) is 5.75 Å². The number of carbonyl (C=O) groups is 1. The Morgan fingerprint density at radius 2 is 2.10 bits per heavy atom. The van der Waals surface area contributed by atoms with Gasteiger partial charge in [0, 0.05) is 13.1 Å². The van der Waals surface area contributed by atoms with Crippen molar-refractivity contribution in [2.75, 3.05) is 20.2 Å². The van der Waals surface area contributed by atoms with Crippen LogP contribution in [0.4, 0.5) is 0 Å². The van der Waals surface area contributed by atoms with Gasteiger partial charge in [0.15, 0.2) is 0 Å². The zero-order valence-corrected chi connectivity index (χ0v) is 11.8. The highest BCUT2D eigenvalue weighted by Gasteiger charge is 2.28. The predicted octanol–water partition coefficient (Wildman–Crippen LogP) is 1.34. The molecule has 0 amide bonds. The molecule has 0 saturated heterocycles. The van der Waals surface area contributed by atoms with Crippen molar-refractivity contribution in [1.82, 2.24) is 4.31 Å². The molecule has 0 aromatic heterocycles. The van der Waals surface area contributed by atoms with Gasteiger partial charge in [-0.1, -0.05) is 12.2 Å². The van der Waals surface area contributed by atoms with Crippen molar-refractivity contribution in [2.24, 2.45) is 0 Å². The van der Waals surface area contributed by atoms with Crippen LogP contribution in [0.3, 0.4) is 0 Å². The number of rotatable bonds is 4. The van der Waals surface area contributed by atoms with Gasteiger partial charge in [0.1, 0.15) is 10.6 Å². The van der Waals surface area contributed by atoms with Gasteiger partial charge in [-0.15, -0.1) is 0 Å².